The Morgan fingerprint density at radius 1 is 0.393 bits per heavy atom. The summed E-state index contributed by atoms with van der Waals surface area (Å²) in [6.07, 6.45) is 0. The van der Waals surface area contributed by atoms with Gasteiger partial charge in [0.25, 0.3) is 0 Å². The molecule has 2 N–H and O–H groups in total. The third-order valence-corrected chi connectivity index (χ3v) is 4.23. The van der Waals surface area contributed by atoms with Crippen LogP contribution in [0.4, 0.5) is 0 Å². The van der Waals surface area contributed by atoms with E-state index in [-0.39, 0.29) is 11.5 Å². The number of hydrogen-bond donors (Lipinski definition) is 2. The molecule has 0 heterocycles. The zero-order valence-corrected chi connectivity index (χ0v) is 14.9. The van der Waals surface area contributed by atoms with Gasteiger partial charge in [-0.2, -0.15) is 0 Å². The van der Waals surface area contributed by atoms with Gasteiger partial charge < -0.3 is 19.7 Å². The molecular formula is C24H18O4. The van der Waals surface area contributed by atoms with Crippen LogP contribution < -0.4 is 9.47 Å². The average molecular weight is 370 g/mol. The first-order chi connectivity index (χ1) is 13.7. The minimum absolute atomic E-state index is 0.0658. The lowest BCUT2D eigenvalue weighted by atomic mass is 10.0. The van der Waals surface area contributed by atoms with Crippen LogP contribution in [-0.2, 0) is 0 Å². The van der Waals surface area contributed by atoms with E-state index >= 15 is 0 Å². The van der Waals surface area contributed by atoms with Gasteiger partial charge in [-0.1, -0.05) is 60.7 Å². The third kappa shape index (κ3) is 3.62. The van der Waals surface area contributed by atoms with Crippen molar-refractivity contribution < 1.29 is 19.7 Å². The lowest BCUT2D eigenvalue weighted by Crippen LogP contribution is -1.92. The summed E-state index contributed by atoms with van der Waals surface area (Å²) in [5, 5.41) is 20.1. The van der Waals surface area contributed by atoms with Gasteiger partial charge in [0.1, 0.15) is 11.5 Å². The SMILES string of the molecule is Oc1ccccc1Oc1ccccc1-c1ccccc1Oc1ccccc1O. The van der Waals surface area contributed by atoms with Gasteiger partial charge in [-0.25, -0.2) is 0 Å². The Bertz CT molecular complexity index is 1020. The minimum atomic E-state index is 0.0658. The topological polar surface area (TPSA) is 58.9 Å². The van der Waals surface area contributed by atoms with Crippen LogP contribution in [-0.4, -0.2) is 10.2 Å². The Kier molecular flexibility index (Phi) is 4.85. The van der Waals surface area contributed by atoms with Crippen molar-refractivity contribution >= 4 is 0 Å². The molecule has 0 unspecified atom stereocenters. The first kappa shape index (κ1) is 17.5. The predicted molar refractivity (Wildman–Crippen MR) is 108 cm³/mol. The highest BCUT2D eigenvalue weighted by molar-refractivity contribution is 5.76. The molecule has 4 nitrogen and oxygen atoms in total. The molecule has 138 valence electrons. The number of ether oxygens (including phenoxy) is 2. The highest BCUT2D eigenvalue weighted by Crippen LogP contribution is 2.42. The molecular weight excluding hydrogens is 352 g/mol. The maximum atomic E-state index is 10.0. The molecule has 0 aliphatic rings. The summed E-state index contributed by atoms with van der Waals surface area (Å²) >= 11 is 0. The van der Waals surface area contributed by atoms with Crippen LogP contribution in [0.25, 0.3) is 11.1 Å². The monoisotopic (exact) mass is 370 g/mol. The van der Waals surface area contributed by atoms with Gasteiger partial charge in [-0.3, -0.25) is 0 Å². The molecule has 4 heteroatoms. The van der Waals surface area contributed by atoms with E-state index in [1.807, 2.05) is 48.5 Å². The number of hydrogen-bond acceptors (Lipinski definition) is 4. The van der Waals surface area contributed by atoms with Crippen LogP contribution in [0.15, 0.2) is 97.1 Å². The van der Waals surface area contributed by atoms with Crippen LogP contribution in [0.2, 0.25) is 0 Å². The second kappa shape index (κ2) is 7.76. The molecule has 4 rings (SSSR count). The zero-order chi connectivity index (χ0) is 19.3. The highest BCUT2D eigenvalue weighted by atomic mass is 16.5. The van der Waals surface area contributed by atoms with E-state index in [0.717, 1.165) is 11.1 Å². The van der Waals surface area contributed by atoms with Gasteiger partial charge in [-0.15, -0.1) is 0 Å². The Hall–Kier alpha value is -3.92. The second-order valence-electron chi connectivity index (χ2n) is 6.13. The van der Waals surface area contributed by atoms with E-state index < -0.39 is 0 Å². The summed E-state index contributed by atoms with van der Waals surface area (Å²) in [4.78, 5) is 0. The van der Waals surface area contributed by atoms with Gasteiger partial charge in [-0.05, 0) is 36.4 Å². The van der Waals surface area contributed by atoms with Gasteiger partial charge in [0.05, 0.1) is 0 Å². The van der Waals surface area contributed by atoms with E-state index in [1.165, 1.54) is 0 Å². The standard InChI is InChI=1S/C24H18O4/c25-19-11-3-7-15-23(19)27-21-13-5-1-9-17(21)18-10-2-6-14-22(18)28-24-16-8-4-12-20(24)26/h1-16,25-26H. The van der Waals surface area contributed by atoms with Gasteiger partial charge in [0, 0.05) is 11.1 Å². The second-order valence-corrected chi connectivity index (χ2v) is 6.13. The smallest absolute Gasteiger partial charge is 0.169 e. The lowest BCUT2D eigenvalue weighted by molar-refractivity contribution is 0.409. The van der Waals surface area contributed by atoms with Crippen LogP contribution >= 0.6 is 0 Å². The van der Waals surface area contributed by atoms with E-state index in [4.69, 9.17) is 9.47 Å². The van der Waals surface area contributed by atoms with E-state index in [2.05, 4.69) is 0 Å². The Labute approximate surface area is 162 Å². The Balaban J connectivity index is 1.75. The van der Waals surface area contributed by atoms with Gasteiger partial charge in [0.2, 0.25) is 0 Å². The van der Waals surface area contributed by atoms with E-state index in [1.54, 1.807) is 48.5 Å². The van der Waals surface area contributed by atoms with Crippen LogP contribution in [0.3, 0.4) is 0 Å². The molecule has 0 radical (unpaired) electrons. The summed E-state index contributed by atoms with van der Waals surface area (Å²) in [5.41, 5.74) is 1.61. The average Bonchev–Trinajstić information content (AvgIpc) is 2.72. The quantitative estimate of drug-likeness (QED) is 0.430. The molecule has 0 spiro atoms. The molecule has 0 fully saturated rings. The number of aromatic hydroxyl groups is 2. The molecule has 28 heavy (non-hydrogen) atoms. The van der Waals surface area contributed by atoms with Crippen molar-refractivity contribution in [1.82, 2.24) is 0 Å². The maximum Gasteiger partial charge on any atom is 0.169 e. The molecule has 4 aromatic rings. The Morgan fingerprint density at radius 2 is 0.714 bits per heavy atom. The van der Waals surface area contributed by atoms with Crippen molar-refractivity contribution in [2.75, 3.05) is 0 Å². The maximum absolute atomic E-state index is 10.0. The lowest BCUT2D eigenvalue weighted by Gasteiger charge is -2.16. The largest absolute Gasteiger partial charge is 0.504 e. The van der Waals surface area contributed by atoms with Crippen molar-refractivity contribution in [2.45, 2.75) is 0 Å². The fraction of sp³-hybridized carbons (Fsp3) is 0. The number of phenols is 2. The summed E-state index contributed by atoms with van der Waals surface area (Å²) in [6.45, 7) is 0. The third-order valence-electron chi connectivity index (χ3n) is 4.23. The molecule has 0 aliphatic heterocycles. The zero-order valence-electron chi connectivity index (χ0n) is 14.9. The molecule has 0 aromatic heterocycles. The Morgan fingerprint density at radius 3 is 1.11 bits per heavy atom. The molecule has 0 atom stereocenters. The predicted octanol–water partition coefficient (Wildman–Crippen LogP) is 6.35. The summed E-state index contributed by atoms with van der Waals surface area (Å²) in [5.74, 6) is 2.03. The first-order valence-electron chi connectivity index (χ1n) is 8.82. The van der Waals surface area contributed by atoms with Crippen molar-refractivity contribution in [3.05, 3.63) is 97.1 Å². The van der Waals surface area contributed by atoms with Crippen molar-refractivity contribution in [2.24, 2.45) is 0 Å². The van der Waals surface area contributed by atoms with Gasteiger partial charge >= 0.3 is 0 Å². The fourth-order valence-corrected chi connectivity index (χ4v) is 2.88. The highest BCUT2D eigenvalue weighted by Gasteiger charge is 2.14. The molecule has 0 aliphatic carbocycles. The van der Waals surface area contributed by atoms with Crippen molar-refractivity contribution in [3.63, 3.8) is 0 Å². The molecule has 0 saturated carbocycles. The summed E-state index contributed by atoms with van der Waals surface area (Å²) in [6, 6.07) is 28.7. The first-order valence-corrected chi connectivity index (χ1v) is 8.82. The minimum Gasteiger partial charge on any atom is -0.504 e. The van der Waals surface area contributed by atoms with Crippen molar-refractivity contribution in [1.29, 1.82) is 0 Å². The molecule has 4 aromatic carbocycles. The number of phenolic OH excluding ortho intramolecular Hbond substituents is 2. The van der Waals surface area contributed by atoms with Crippen LogP contribution in [0.5, 0.6) is 34.5 Å². The van der Waals surface area contributed by atoms with E-state index in [9.17, 15) is 10.2 Å². The van der Waals surface area contributed by atoms with Gasteiger partial charge in [0.15, 0.2) is 23.0 Å². The molecule has 0 bridgehead atoms. The van der Waals surface area contributed by atoms with Crippen LogP contribution in [0, 0.1) is 0 Å². The number of benzene rings is 4. The van der Waals surface area contributed by atoms with Crippen molar-refractivity contribution in [3.8, 4) is 45.6 Å². The molecule has 0 amide bonds. The fourth-order valence-electron chi connectivity index (χ4n) is 2.88. The normalized spacial score (nSPS) is 10.4. The summed E-state index contributed by atoms with van der Waals surface area (Å²) < 4.78 is 11.9. The molecule has 0 saturated heterocycles. The number of para-hydroxylation sites is 6. The van der Waals surface area contributed by atoms with E-state index in [0.29, 0.717) is 23.0 Å². The summed E-state index contributed by atoms with van der Waals surface area (Å²) in [7, 11) is 0. The number of rotatable bonds is 5. The van der Waals surface area contributed by atoms with Crippen LogP contribution in [0.1, 0.15) is 0 Å².